The van der Waals surface area contributed by atoms with E-state index in [1.807, 2.05) is 0 Å². The van der Waals surface area contributed by atoms with Crippen molar-refractivity contribution in [3.8, 4) is 5.75 Å². The number of benzene rings is 2. The standard InChI is InChI=1S/C16H15N3O3/c20-7-10-5-14-15(6-11(10)8-21)17-9-18-16(14)19-12-1-3-13(22)4-2-12/h1-6,9,20-22H,7-8H2,(H,17,18,19). The van der Waals surface area contributed by atoms with Gasteiger partial charge in [-0.05, 0) is 47.5 Å². The van der Waals surface area contributed by atoms with Crippen molar-refractivity contribution in [2.24, 2.45) is 0 Å². The molecule has 1 heterocycles. The van der Waals surface area contributed by atoms with E-state index >= 15 is 0 Å². The van der Waals surface area contributed by atoms with E-state index in [4.69, 9.17) is 0 Å². The first-order valence-corrected chi connectivity index (χ1v) is 6.75. The molecule has 1 aromatic heterocycles. The molecule has 3 aromatic rings. The zero-order valence-electron chi connectivity index (χ0n) is 11.7. The fourth-order valence-corrected chi connectivity index (χ4v) is 2.27. The Morgan fingerprint density at radius 2 is 1.59 bits per heavy atom. The molecule has 6 heteroatoms. The molecular weight excluding hydrogens is 282 g/mol. The van der Waals surface area contributed by atoms with Gasteiger partial charge in [0.1, 0.15) is 17.9 Å². The zero-order valence-corrected chi connectivity index (χ0v) is 11.7. The number of aliphatic hydroxyl groups excluding tert-OH is 2. The molecule has 4 N–H and O–H groups in total. The predicted octanol–water partition coefficient (Wildman–Crippen LogP) is 2.06. The Morgan fingerprint density at radius 1 is 0.909 bits per heavy atom. The van der Waals surface area contributed by atoms with E-state index < -0.39 is 0 Å². The number of anilines is 2. The lowest BCUT2D eigenvalue weighted by Crippen LogP contribution is -1.99. The minimum Gasteiger partial charge on any atom is -0.508 e. The third-order valence-electron chi connectivity index (χ3n) is 3.43. The number of rotatable bonds is 4. The Hall–Kier alpha value is -2.70. The van der Waals surface area contributed by atoms with Crippen LogP contribution in [-0.4, -0.2) is 25.3 Å². The van der Waals surface area contributed by atoms with Gasteiger partial charge in [-0.3, -0.25) is 0 Å². The van der Waals surface area contributed by atoms with Gasteiger partial charge in [-0.2, -0.15) is 0 Å². The summed E-state index contributed by atoms with van der Waals surface area (Å²) in [5.41, 5.74) is 2.73. The summed E-state index contributed by atoms with van der Waals surface area (Å²) in [6.45, 7) is -0.323. The Kier molecular flexibility index (Phi) is 3.86. The number of phenols is 1. The highest BCUT2D eigenvalue weighted by Gasteiger charge is 2.09. The summed E-state index contributed by atoms with van der Waals surface area (Å²) in [6.07, 6.45) is 1.44. The molecular formula is C16H15N3O3. The fourth-order valence-electron chi connectivity index (χ4n) is 2.27. The second kappa shape index (κ2) is 5.97. The van der Waals surface area contributed by atoms with Gasteiger partial charge >= 0.3 is 0 Å². The number of phenolic OH excluding ortho intramolecular Hbond substituents is 1. The molecule has 0 fully saturated rings. The van der Waals surface area contributed by atoms with E-state index in [9.17, 15) is 15.3 Å². The maximum atomic E-state index is 9.42. The monoisotopic (exact) mass is 297 g/mol. The third kappa shape index (κ3) is 2.69. The lowest BCUT2D eigenvalue weighted by molar-refractivity contribution is 0.260. The summed E-state index contributed by atoms with van der Waals surface area (Å²) in [6, 6.07) is 10.1. The molecule has 6 nitrogen and oxygen atoms in total. The van der Waals surface area contributed by atoms with Gasteiger partial charge in [0.15, 0.2) is 0 Å². The predicted molar refractivity (Wildman–Crippen MR) is 82.8 cm³/mol. The molecule has 0 amide bonds. The number of nitrogens with zero attached hydrogens (tertiary/aromatic N) is 2. The topological polar surface area (TPSA) is 98.5 Å². The third-order valence-corrected chi connectivity index (χ3v) is 3.43. The van der Waals surface area contributed by atoms with Crippen molar-refractivity contribution < 1.29 is 15.3 Å². The van der Waals surface area contributed by atoms with Crippen molar-refractivity contribution in [2.75, 3.05) is 5.32 Å². The summed E-state index contributed by atoms with van der Waals surface area (Å²) in [4.78, 5) is 8.42. The van der Waals surface area contributed by atoms with E-state index in [1.165, 1.54) is 6.33 Å². The quantitative estimate of drug-likeness (QED) is 0.550. The van der Waals surface area contributed by atoms with Gasteiger partial charge in [0, 0.05) is 11.1 Å². The minimum absolute atomic E-state index is 0.156. The second-order valence-electron chi connectivity index (χ2n) is 4.85. The van der Waals surface area contributed by atoms with Crippen LogP contribution in [0.2, 0.25) is 0 Å². The van der Waals surface area contributed by atoms with E-state index in [-0.39, 0.29) is 19.0 Å². The average molecular weight is 297 g/mol. The van der Waals surface area contributed by atoms with Crippen LogP contribution in [0.15, 0.2) is 42.7 Å². The van der Waals surface area contributed by atoms with Gasteiger partial charge in [-0.25, -0.2) is 9.97 Å². The van der Waals surface area contributed by atoms with E-state index in [2.05, 4.69) is 15.3 Å². The van der Waals surface area contributed by atoms with Crippen molar-refractivity contribution in [3.63, 3.8) is 0 Å². The number of nitrogens with one attached hydrogen (secondary N) is 1. The maximum Gasteiger partial charge on any atom is 0.141 e. The molecule has 0 aliphatic rings. The van der Waals surface area contributed by atoms with Crippen molar-refractivity contribution in [3.05, 3.63) is 53.9 Å². The summed E-state index contributed by atoms with van der Waals surface area (Å²) < 4.78 is 0. The Labute approximate surface area is 126 Å². The first kappa shape index (κ1) is 14.2. The van der Waals surface area contributed by atoms with Gasteiger partial charge in [0.05, 0.1) is 18.7 Å². The molecule has 2 aromatic carbocycles. The Morgan fingerprint density at radius 3 is 2.27 bits per heavy atom. The number of aromatic nitrogens is 2. The first-order valence-electron chi connectivity index (χ1n) is 6.75. The summed E-state index contributed by atoms with van der Waals surface area (Å²) >= 11 is 0. The molecule has 3 rings (SSSR count). The van der Waals surface area contributed by atoms with E-state index in [0.717, 1.165) is 11.1 Å². The SMILES string of the molecule is OCc1cc2ncnc(Nc3ccc(O)cc3)c2cc1CO. The lowest BCUT2D eigenvalue weighted by Gasteiger charge is -2.11. The number of hydrogen-bond donors (Lipinski definition) is 4. The smallest absolute Gasteiger partial charge is 0.141 e. The number of fused-ring (bicyclic) bond motifs is 1. The molecule has 0 radical (unpaired) electrons. The van der Waals surface area contributed by atoms with Crippen LogP contribution in [0, 0.1) is 0 Å². The molecule has 0 saturated heterocycles. The number of aromatic hydroxyl groups is 1. The van der Waals surface area contributed by atoms with Gasteiger partial charge in [-0.1, -0.05) is 0 Å². The highest BCUT2D eigenvalue weighted by molar-refractivity contribution is 5.91. The molecule has 0 aliphatic heterocycles. The van der Waals surface area contributed by atoms with Crippen molar-refractivity contribution >= 4 is 22.4 Å². The van der Waals surface area contributed by atoms with Crippen LogP contribution in [0.25, 0.3) is 10.9 Å². The van der Waals surface area contributed by atoms with Crippen molar-refractivity contribution in [1.29, 1.82) is 0 Å². The molecule has 0 unspecified atom stereocenters. The second-order valence-corrected chi connectivity index (χ2v) is 4.85. The minimum atomic E-state index is -0.167. The molecule has 22 heavy (non-hydrogen) atoms. The molecule has 112 valence electrons. The summed E-state index contributed by atoms with van der Waals surface area (Å²) in [5, 5.41) is 32.0. The van der Waals surface area contributed by atoms with Gasteiger partial charge < -0.3 is 20.6 Å². The van der Waals surface area contributed by atoms with Crippen LogP contribution >= 0.6 is 0 Å². The van der Waals surface area contributed by atoms with Gasteiger partial charge in [0.2, 0.25) is 0 Å². The fraction of sp³-hybridized carbons (Fsp3) is 0.125. The molecule has 0 aliphatic carbocycles. The van der Waals surface area contributed by atoms with Crippen molar-refractivity contribution in [2.45, 2.75) is 13.2 Å². The maximum absolute atomic E-state index is 9.42. The highest BCUT2D eigenvalue weighted by atomic mass is 16.3. The zero-order chi connectivity index (χ0) is 15.5. The molecule has 0 spiro atoms. The Bertz CT molecular complexity index is 804. The summed E-state index contributed by atoms with van der Waals surface area (Å²) in [5.74, 6) is 0.781. The summed E-state index contributed by atoms with van der Waals surface area (Å²) in [7, 11) is 0. The average Bonchev–Trinajstić information content (AvgIpc) is 2.56. The molecule has 0 saturated carbocycles. The van der Waals surface area contributed by atoms with Crippen molar-refractivity contribution in [1.82, 2.24) is 9.97 Å². The largest absolute Gasteiger partial charge is 0.508 e. The first-order chi connectivity index (χ1) is 10.7. The van der Waals surface area contributed by atoms with Crippen LogP contribution in [-0.2, 0) is 13.2 Å². The van der Waals surface area contributed by atoms with Crippen LogP contribution in [0.4, 0.5) is 11.5 Å². The van der Waals surface area contributed by atoms with Crippen LogP contribution in [0.3, 0.4) is 0 Å². The molecule has 0 bridgehead atoms. The van der Waals surface area contributed by atoms with E-state index in [0.29, 0.717) is 22.5 Å². The van der Waals surface area contributed by atoms with Crippen LogP contribution < -0.4 is 5.32 Å². The van der Waals surface area contributed by atoms with Crippen LogP contribution in [0.5, 0.6) is 5.75 Å². The number of hydrogen-bond acceptors (Lipinski definition) is 6. The molecule has 0 atom stereocenters. The van der Waals surface area contributed by atoms with Gasteiger partial charge in [0.25, 0.3) is 0 Å². The lowest BCUT2D eigenvalue weighted by atomic mass is 10.0. The van der Waals surface area contributed by atoms with Gasteiger partial charge in [-0.15, -0.1) is 0 Å². The number of aliphatic hydroxyl groups is 2. The normalized spacial score (nSPS) is 10.8. The van der Waals surface area contributed by atoms with Crippen LogP contribution in [0.1, 0.15) is 11.1 Å². The highest BCUT2D eigenvalue weighted by Crippen LogP contribution is 2.27. The van der Waals surface area contributed by atoms with E-state index in [1.54, 1.807) is 36.4 Å². The Balaban J connectivity index is 2.07.